The number of hydrogen-bond acceptors (Lipinski definition) is 7. The number of rotatable bonds is 3. The maximum Gasteiger partial charge on any atom is 0.229 e. The van der Waals surface area contributed by atoms with Crippen LogP contribution in [0.1, 0.15) is 41.3 Å². The highest BCUT2D eigenvalue weighted by Gasteiger charge is 2.28. The van der Waals surface area contributed by atoms with Crippen LogP contribution in [0.4, 0.5) is 5.82 Å². The van der Waals surface area contributed by atoms with E-state index in [-0.39, 0.29) is 12.3 Å². The number of aryl methyl sites for hydroxylation is 2. The molecule has 2 aliphatic rings. The fourth-order valence-corrected chi connectivity index (χ4v) is 3.60. The van der Waals surface area contributed by atoms with Crippen LogP contribution in [0, 0.1) is 13.8 Å². The standard InChI is InChI=1S/C17H22N6O2/c1-11-14(21-25-20-11)9-16(24)23-8-5-13-15(10-23)18-12(2)19-17(13)22-6-3-4-7-22/h3-10H2,1-2H3. The Labute approximate surface area is 146 Å². The summed E-state index contributed by atoms with van der Waals surface area (Å²) in [5, 5.41) is 7.54. The molecular weight excluding hydrogens is 320 g/mol. The van der Waals surface area contributed by atoms with Crippen LogP contribution in [0.3, 0.4) is 0 Å². The van der Waals surface area contributed by atoms with E-state index in [1.165, 1.54) is 18.4 Å². The summed E-state index contributed by atoms with van der Waals surface area (Å²) < 4.78 is 4.68. The maximum atomic E-state index is 12.6. The first kappa shape index (κ1) is 16.0. The van der Waals surface area contributed by atoms with Crippen molar-refractivity contribution in [1.82, 2.24) is 25.2 Å². The predicted molar refractivity (Wildman–Crippen MR) is 90.1 cm³/mol. The van der Waals surface area contributed by atoms with Crippen molar-refractivity contribution in [2.24, 2.45) is 0 Å². The van der Waals surface area contributed by atoms with Crippen molar-refractivity contribution in [3.05, 3.63) is 28.5 Å². The Morgan fingerprint density at radius 2 is 1.92 bits per heavy atom. The Kier molecular flexibility index (Phi) is 4.10. The van der Waals surface area contributed by atoms with Crippen molar-refractivity contribution in [2.75, 3.05) is 24.5 Å². The molecule has 8 nitrogen and oxygen atoms in total. The van der Waals surface area contributed by atoms with E-state index in [1.54, 1.807) is 6.92 Å². The fourth-order valence-electron chi connectivity index (χ4n) is 3.60. The van der Waals surface area contributed by atoms with Gasteiger partial charge in [-0.15, -0.1) is 0 Å². The number of nitrogens with zero attached hydrogens (tertiary/aromatic N) is 6. The molecule has 0 atom stereocenters. The van der Waals surface area contributed by atoms with Crippen molar-refractivity contribution in [3.8, 4) is 0 Å². The molecule has 0 bridgehead atoms. The second kappa shape index (κ2) is 6.42. The number of carbonyl (C=O) groups is 1. The van der Waals surface area contributed by atoms with Gasteiger partial charge in [0.2, 0.25) is 5.91 Å². The molecule has 2 aromatic rings. The van der Waals surface area contributed by atoms with Gasteiger partial charge in [-0.05, 0) is 33.1 Å². The third kappa shape index (κ3) is 3.08. The lowest BCUT2D eigenvalue weighted by Gasteiger charge is -2.31. The lowest BCUT2D eigenvalue weighted by Crippen LogP contribution is -2.38. The number of anilines is 1. The molecule has 0 aromatic carbocycles. The summed E-state index contributed by atoms with van der Waals surface area (Å²) >= 11 is 0. The van der Waals surface area contributed by atoms with Crippen molar-refractivity contribution in [3.63, 3.8) is 0 Å². The Bertz CT molecular complexity index is 796. The summed E-state index contributed by atoms with van der Waals surface area (Å²) in [6.45, 7) is 7.05. The van der Waals surface area contributed by atoms with Gasteiger partial charge in [0.15, 0.2) is 0 Å². The first-order chi connectivity index (χ1) is 12.1. The highest BCUT2D eigenvalue weighted by molar-refractivity contribution is 5.79. The summed E-state index contributed by atoms with van der Waals surface area (Å²) in [6.07, 6.45) is 3.44. The number of amides is 1. The van der Waals surface area contributed by atoms with E-state index in [4.69, 9.17) is 4.98 Å². The highest BCUT2D eigenvalue weighted by Crippen LogP contribution is 2.29. The molecule has 2 aromatic heterocycles. The van der Waals surface area contributed by atoms with Gasteiger partial charge in [-0.2, -0.15) is 0 Å². The molecule has 4 rings (SSSR count). The lowest BCUT2D eigenvalue weighted by atomic mass is 10.0. The molecule has 132 valence electrons. The smallest absolute Gasteiger partial charge is 0.229 e. The molecule has 0 unspecified atom stereocenters. The molecule has 2 aliphatic heterocycles. The zero-order valence-electron chi connectivity index (χ0n) is 14.7. The largest absolute Gasteiger partial charge is 0.356 e. The van der Waals surface area contributed by atoms with Crippen LogP contribution in [-0.4, -0.2) is 50.7 Å². The molecule has 0 N–H and O–H groups in total. The maximum absolute atomic E-state index is 12.6. The molecule has 25 heavy (non-hydrogen) atoms. The van der Waals surface area contributed by atoms with Gasteiger partial charge in [-0.1, -0.05) is 10.3 Å². The van der Waals surface area contributed by atoms with E-state index in [1.807, 2.05) is 11.8 Å². The van der Waals surface area contributed by atoms with Crippen LogP contribution in [-0.2, 0) is 24.2 Å². The fraction of sp³-hybridized carbons (Fsp3) is 0.588. The van der Waals surface area contributed by atoms with Gasteiger partial charge in [0.05, 0.1) is 18.7 Å². The molecule has 0 spiro atoms. The molecule has 0 saturated carbocycles. The molecule has 1 saturated heterocycles. The third-order valence-corrected chi connectivity index (χ3v) is 4.98. The molecular formula is C17H22N6O2. The van der Waals surface area contributed by atoms with Crippen LogP contribution < -0.4 is 4.90 Å². The number of carbonyl (C=O) groups excluding carboxylic acids is 1. The molecule has 1 fully saturated rings. The van der Waals surface area contributed by atoms with Crippen molar-refractivity contribution >= 4 is 11.7 Å². The second-order valence-corrected chi connectivity index (χ2v) is 6.75. The topological polar surface area (TPSA) is 88.3 Å². The van der Waals surface area contributed by atoms with Gasteiger partial charge >= 0.3 is 0 Å². The van der Waals surface area contributed by atoms with E-state index in [2.05, 4.69) is 24.8 Å². The van der Waals surface area contributed by atoms with Crippen LogP contribution in [0.25, 0.3) is 0 Å². The van der Waals surface area contributed by atoms with E-state index in [0.29, 0.717) is 24.5 Å². The number of fused-ring (bicyclic) bond motifs is 1. The minimum atomic E-state index is 0.0310. The predicted octanol–water partition coefficient (Wildman–Crippen LogP) is 1.20. The summed E-state index contributed by atoms with van der Waals surface area (Å²) in [4.78, 5) is 26.1. The summed E-state index contributed by atoms with van der Waals surface area (Å²) in [5.41, 5.74) is 3.45. The first-order valence-corrected chi connectivity index (χ1v) is 8.79. The van der Waals surface area contributed by atoms with E-state index in [9.17, 15) is 4.79 Å². The van der Waals surface area contributed by atoms with Crippen molar-refractivity contribution < 1.29 is 9.42 Å². The SMILES string of the molecule is Cc1nc2c(c(N3CCCC3)n1)CCN(C(=O)Cc1nonc1C)C2. The van der Waals surface area contributed by atoms with Gasteiger partial charge < -0.3 is 9.80 Å². The summed E-state index contributed by atoms with van der Waals surface area (Å²) in [7, 11) is 0. The van der Waals surface area contributed by atoms with Crippen LogP contribution >= 0.6 is 0 Å². The Balaban J connectivity index is 1.54. The average Bonchev–Trinajstić information content (AvgIpc) is 3.26. The summed E-state index contributed by atoms with van der Waals surface area (Å²) in [5.74, 6) is 1.87. The van der Waals surface area contributed by atoms with Crippen molar-refractivity contribution in [1.29, 1.82) is 0 Å². The quantitative estimate of drug-likeness (QED) is 0.828. The van der Waals surface area contributed by atoms with Gasteiger partial charge in [0.1, 0.15) is 23.0 Å². The van der Waals surface area contributed by atoms with Crippen LogP contribution in [0.2, 0.25) is 0 Å². The Morgan fingerprint density at radius 3 is 2.64 bits per heavy atom. The first-order valence-electron chi connectivity index (χ1n) is 8.79. The normalized spacial score (nSPS) is 17.0. The number of hydrogen-bond donors (Lipinski definition) is 0. The monoisotopic (exact) mass is 342 g/mol. The molecule has 1 amide bonds. The zero-order valence-corrected chi connectivity index (χ0v) is 14.7. The van der Waals surface area contributed by atoms with Gasteiger partial charge in [-0.25, -0.2) is 14.6 Å². The van der Waals surface area contributed by atoms with Crippen molar-refractivity contribution in [2.45, 2.75) is 46.1 Å². The third-order valence-electron chi connectivity index (χ3n) is 4.98. The Hall–Kier alpha value is -2.51. The average molecular weight is 342 g/mol. The minimum Gasteiger partial charge on any atom is -0.356 e. The van der Waals surface area contributed by atoms with Gasteiger partial charge in [-0.3, -0.25) is 4.79 Å². The van der Waals surface area contributed by atoms with Gasteiger partial charge in [0.25, 0.3) is 0 Å². The van der Waals surface area contributed by atoms with E-state index >= 15 is 0 Å². The lowest BCUT2D eigenvalue weighted by molar-refractivity contribution is -0.131. The van der Waals surface area contributed by atoms with Crippen LogP contribution in [0.5, 0.6) is 0 Å². The van der Waals surface area contributed by atoms with Gasteiger partial charge in [0, 0.05) is 25.2 Å². The van der Waals surface area contributed by atoms with Crippen LogP contribution in [0.15, 0.2) is 4.63 Å². The molecule has 8 heteroatoms. The molecule has 0 aliphatic carbocycles. The highest BCUT2D eigenvalue weighted by atomic mass is 16.6. The summed E-state index contributed by atoms with van der Waals surface area (Å²) in [6, 6.07) is 0. The Morgan fingerprint density at radius 1 is 1.12 bits per heavy atom. The second-order valence-electron chi connectivity index (χ2n) is 6.75. The molecule has 0 radical (unpaired) electrons. The van der Waals surface area contributed by atoms with E-state index < -0.39 is 0 Å². The molecule has 4 heterocycles. The zero-order chi connectivity index (χ0) is 17.4. The minimum absolute atomic E-state index is 0.0310. The number of aromatic nitrogens is 4. The van der Waals surface area contributed by atoms with E-state index in [0.717, 1.165) is 36.8 Å².